The molecule has 0 amide bonds. The molecular formula is C19H24N4OS2. The molecule has 0 saturated carbocycles. The minimum Gasteiger partial charge on any atom is -0.469 e. The maximum Gasteiger partial charge on any atom is 0.194 e. The molecule has 0 radical (unpaired) electrons. The quantitative estimate of drug-likeness (QED) is 0.464. The summed E-state index contributed by atoms with van der Waals surface area (Å²) in [6.07, 6.45) is 4.41. The second-order valence-electron chi connectivity index (χ2n) is 6.13. The van der Waals surface area contributed by atoms with Crippen molar-refractivity contribution in [2.75, 3.05) is 20.1 Å². The zero-order valence-electron chi connectivity index (χ0n) is 15.1. The molecule has 0 aliphatic rings. The lowest BCUT2D eigenvalue weighted by molar-refractivity contribution is 0.442. The third-order valence-corrected chi connectivity index (χ3v) is 5.85. The fourth-order valence-corrected chi connectivity index (χ4v) is 3.99. The monoisotopic (exact) mass is 388 g/mol. The Labute approximate surface area is 162 Å². The van der Waals surface area contributed by atoms with Crippen LogP contribution in [-0.2, 0) is 13.0 Å². The molecule has 0 spiro atoms. The van der Waals surface area contributed by atoms with Gasteiger partial charge in [0.25, 0.3) is 0 Å². The van der Waals surface area contributed by atoms with E-state index in [2.05, 4.69) is 46.7 Å². The minimum atomic E-state index is 0.360. The van der Waals surface area contributed by atoms with Crippen molar-refractivity contribution in [3.8, 4) is 0 Å². The zero-order valence-corrected chi connectivity index (χ0v) is 16.7. The lowest BCUT2D eigenvalue weighted by atomic mass is 10.2. The van der Waals surface area contributed by atoms with Crippen molar-refractivity contribution in [1.29, 1.82) is 0 Å². The van der Waals surface area contributed by atoms with Crippen LogP contribution in [0.15, 0.2) is 56.9 Å². The number of likely N-dealkylation sites (N-methyl/N-ethyl adjacent to an activating group) is 1. The van der Waals surface area contributed by atoms with E-state index in [1.165, 1.54) is 4.88 Å². The lowest BCUT2D eigenvalue weighted by Crippen LogP contribution is -2.41. The molecule has 3 heterocycles. The number of hydrogen-bond acceptors (Lipinski definition) is 5. The molecule has 0 saturated heterocycles. The molecule has 0 aromatic carbocycles. The Morgan fingerprint density at radius 1 is 1.31 bits per heavy atom. The Morgan fingerprint density at radius 3 is 2.92 bits per heavy atom. The second kappa shape index (κ2) is 9.54. The Bertz CT molecular complexity index is 767. The van der Waals surface area contributed by atoms with Crippen LogP contribution in [-0.4, -0.2) is 36.0 Å². The summed E-state index contributed by atoms with van der Waals surface area (Å²) >= 11 is 3.44. The van der Waals surface area contributed by atoms with Crippen LogP contribution in [0.2, 0.25) is 0 Å². The molecule has 0 fully saturated rings. The molecule has 0 aliphatic carbocycles. The van der Waals surface area contributed by atoms with E-state index in [1.807, 2.05) is 23.7 Å². The molecule has 3 aromatic rings. The predicted molar refractivity (Wildman–Crippen MR) is 109 cm³/mol. The van der Waals surface area contributed by atoms with Gasteiger partial charge >= 0.3 is 0 Å². The molecule has 26 heavy (non-hydrogen) atoms. The van der Waals surface area contributed by atoms with Crippen molar-refractivity contribution >= 4 is 28.6 Å². The number of thiophene rings is 1. The van der Waals surface area contributed by atoms with E-state index in [0.717, 1.165) is 36.2 Å². The van der Waals surface area contributed by atoms with Gasteiger partial charge in [-0.1, -0.05) is 13.0 Å². The van der Waals surface area contributed by atoms with E-state index < -0.39 is 0 Å². The van der Waals surface area contributed by atoms with Crippen molar-refractivity contribution in [3.05, 3.63) is 63.1 Å². The fraction of sp³-hybridized carbons (Fsp3) is 0.368. The lowest BCUT2D eigenvalue weighted by Gasteiger charge is -2.25. The number of guanidine groups is 1. The summed E-state index contributed by atoms with van der Waals surface area (Å²) in [7, 11) is 2.08. The van der Waals surface area contributed by atoms with Crippen LogP contribution in [0.3, 0.4) is 0 Å². The summed E-state index contributed by atoms with van der Waals surface area (Å²) in [5.41, 5.74) is 0. The van der Waals surface area contributed by atoms with E-state index in [9.17, 15) is 0 Å². The highest BCUT2D eigenvalue weighted by molar-refractivity contribution is 7.10. The average Bonchev–Trinajstić information content (AvgIpc) is 3.41. The Hall–Kier alpha value is -2.12. The Morgan fingerprint density at radius 2 is 2.23 bits per heavy atom. The summed E-state index contributed by atoms with van der Waals surface area (Å²) in [6, 6.07) is 8.10. The highest BCUT2D eigenvalue weighted by atomic mass is 32.1. The van der Waals surface area contributed by atoms with Crippen LogP contribution in [0.4, 0.5) is 0 Å². The number of thiazole rings is 1. The Balaban J connectivity index is 1.61. The van der Waals surface area contributed by atoms with Gasteiger partial charge in [0, 0.05) is 48.9 Å². The third-order valence-electron chi connectivity index (χ3n) is 3.98. The first kappa shape index (κ1) is 18.7. The largest absolute Gasteiger partial charge is 0.469 e. The highest BCUT2D eigenvalue weighted by Crippen LogP contribution is 2.18. The number of nitrogens with one attached hydrogen (secondary N) is 1. The third kappa shape index (κ3) is 5.44. The van der Waals surface area contributed by atoms with Crippen LogP contribution in [0.5, 0.6) is 0 Å². The van der Waals surface area contributed by atoms with Crippen molar-refractivity contribution in [1.82, 2.24) is 15.2 Å². The topological polar surface area (TPSA) is 53.7 Å². The molecule has 7 heteroatoms. The number of aliphatic imine (C=N–C) groups is 1. The second-order valence-corrected chi connectivity index (χ2v) is 8.09. The average molecular weight is 389 g/mol. The van der Waals surface area contributed by atoms with Crippen molar-refractivity contribution < 1.29 is 4.42 Å². The maximum atomic E-state index is 5.41. The van der Waals surface area contributed by atoms with Gasteiger partial charge in [0.1, 0.15) is 5.76 Å². The maximum absolute atomic E-state index is 5.41. The minimum absolute atomic E-state index is 0.360. The van der Waals surface area contributed by atoms with Gasteiger partial charge in [-0.25, -0.2) is 9.98 Å². The van der Waals surface area contributed by atoms with E-state index in [-0.39, 0.29) is 0 Å². The van der Waals surface area contributed by atoms with Gasteiger partial charge in [0.15, 0.2) is 5.96 Å². The van der Waals surface area contributed by atoms with E-state index in [4.69, 9.17) is 9.41 Å². The van der Waals surface area contributed by atoms with Gasteiger partial charge in [-0.05, 0) is 23.6 Å². The van der Waals surface area contributed by atoms with Crippen LogP contribution in [0.1, 0.15) is 28.5 Å². The molecule has 0 aliphatic heterocycles. The molecule has 1 unspecified atom stereocenters. The van der Waals surface area contributed by atoms with Gasteiger partial charge in [0.2, 0.25) is 0 Å². The van der Waals surface area contributed by atoms with Crippen LogP contribution in [0.25, 0.3) is 0 Å². The molecule has 1 atom stereocenters. The molecule has 3 aromatic heterocycles. The molecule has 5 nitrogen and oxygen atoms in total. The van der Waals surface area contributed by atoms with Gasteiger partial charge in [-0.15, -0.1) is 22.7 Å². The highest BCUT2D eigenvalue weighted by Gasteiger charge is 2.14. The predicted octanol–water partition coefficient (Wildman–Crippen LogP) is 4.22. The summed E-state index contributed by atoms with van der Waals surface area (Å²) in [4.78, 5) is 12.7. The first-order chi connectivity index (χ1) is 12.7. The summed E-state index contributed by atoms with van der Waals surface area (Å²) in [6.45, 7) is 4.54. The number of rotatable bonds is 8. The van der Waals surface area contributed by atoms with Gasteiger partial charge in [-0.2, -0.15) is 0 Å². The normalized spacial score (nSPS) is 12.9. The van der Waals surface area contributed by atoms with Crippen LogP contribution < -0.4 is 5.32 Å². The van der Waals surface area contributed by atoms with Crippen molar-refractivity contribution in [3.63, 3.8) is 0 Å². The summed E-state index contributed by atoms with van der Waals surface area (Å²) in [5, 5.41) is 8.75. The van der Waals surface area contributed by atoms with Crippen LogP contribution >= 0.6 is 22.7 Å². The smallest absolute Gasteiger partial charge is 0.194 e. The number of aromatic nitrogens is 1. The van der Waals surface area contributed by atoms with E-state index >= 15 is 0 Å². The first-order valence-corrected chi connectivity index (χ1v) is 10.4. The van der Waals surface area contributed by atoms with E-state index in [0.29, 0.717) is 12.5 Å². The number of furan rings is 1. The summed E-state index contributed by atoms with van der Waals surface area (Å²) in [5.74, 6) is 2.25. The number of hydrogen-bond donors (Lipinski definition) is 1. The fourth-order valence-electron chi connectivity index (χ4n) is 2.67. The van der Waals surface area contributed by atoms with Crippen LogP contribution in [0, 0.1) is 0 Å². The van der Waals surface area contributed by atoms with Crippen molar-refractivity contribution in [2.24, 2.45) is 4.99 Å². The molecule has 0 bridgehead atoms. The SMILES string of the molecule is CC(CN(C)C(=NCc1cccs1)NCCc1ccco1)c1nccs1. The van der Waals surface area contributed by atoms with Gasteiger partial charge in [0.05, 0.1) is 17.8 Å². The zero-order chi connectivity index (χ0) is 18.2. The van der Waals surface area contributed by atoms with Gasteiger partial charge < -0.3 is 14.6 Å². The summed E-state index contributed by atoms with van der Waals surface area (Å²) < 4.78 is 5.41. The van der Waals surface area contributed by atoms with Gasteiger partial charge in [-0.3, -0.25) is 0 Å². The number of nitrogens with zero attached hydrogens (tertiary/aromatic N) is 3. The standard InChI is InChI=1S/C19H24N4OS2/c1-15(18-20-9-12-26-18)14-23(2)19(22-13-17-6-4-11-25-17)21-8-7-16-5-3-10-24-16/h3-6,9-12,15H,7-8,13-14H2,1-2H3,(H,21,22). The first-order valence-electron chi connectivity index (χ1n) is 8.66. The Kier molecular flexibility index (Phi) is 6.85. The molecule has 3 rings (SSSR count). The molecule has 138 valence electrons. The van der Waals surface area contributed by atoms with Crippen molar-refractivity contribution in [2.45, 2.75) is 25.8 Å². The molecular weight excluding hydrogens is 364 g/mol. The van der Waals surface area contributed by atoms with E-state index in [1.54, 1.807) is 28.9 Å². The molecule has 1 N–H and O–H groups in total.